The molecule has 1 amide bonds. The lowest BCUT2D eigenvalue weighted by atomic mass is 10.0. The van der Waals surface area contributed by atoms with Crippen LogP contribution in [-0.2, 0) is 11.2 Å². The Morgan fingerprint density at radius 2 is 2.17 bits per heavy atom. The van der Waals surface area contributed by atoms with E-state index in [1.54, 1.807) is 0 Å². The van der Waals surface area contributed by atoms with Gasteiger partial charge in [0.2, 0.25) is 5.91 Å². The van der Waals surface area contributed by atoms with Crippen molar-refractivity contribution in [2.75, 3.05) is 6.54 Å². The van der Waals surface area contributed by atoms with Crippen LogP contribution in [0, 0.1) is 0 Å². The van der Waals surface area contributed by atoms with Crippen LogP contribution in [0.1, 0.15) is 25.3 Å². The van der Waals surface area contributed by atoms with E-state index in [1.807, 2.05) is 0 Å². The number of amides is 1. The molecular formula is C14H19BrN2O. The van der Waals surface area contributed by atoms with Crippen molar-refractivity contribution in [3.63, 3.8) is 0 Å². The number of halogens is 1. The van der Waals surface area contributed by atoms with Gasteiger partial charge in [0.15, 0.2) is 0 Å². The summed E-state index contributed by atoms with van der Waals surface area (Å²) in [5.41, 5.74) is 1.29. The van der Waals surface area contributed by atoms with Gasteiger partial charge in [0.1, 0.15) is 0 Å². The van der Waals surface area contributed by atoms with Gasteiger partial charge < -0.3 is 10.6 Å². The van der Waals surface area contributed by atoms with E-state index in [0.29, 0.717) is 6.04 Å². The molecule has 1 fully saturated rings. The SMILES string of the molecule is CC(Cc1ccc(Br)cc1)NC1CCCNC1=O. The van der Waals surface area contributed by atoms with Gasteiger partial charge in [-0.1, -0.05) is 28.1 Å². The van der Waals surface area contributed by atoms with Crippen LogP contribution in [-0.4, -0.2) is 24.5 Å². The normalized spacial score (nSPS) is 21.4. The average Bonchev–Trinajstić information content (AvgIpc) is 2.35. The van der Waals surface area contributed by atoms with Crippen molar-refractivity contribution >= 4 is 21.8 Å². The van der Waals surface area contributed by atoms with E-state index in [1.165, 1.54) is 5.56 Å². The Kier molecular flexibility index (Phi) is 4.78. The monoisotopic (exact) mass is 310 g/mol. The molecule has 1 aliphatic rings. The fraction of sp³-hybridized carbons (Fsp3) is 0.500. The van der Waals surface area contributed by atoms with Crippen molar-refractivity contribution < 1.29 is 4.79 Å². The Labute approximate surface area is 116 Å². The van der Waals surface area contributed by atoms with Gasteiger partial charge in [0.25, 0.3) is 0 Å². The van der Waals surface area contributed by atoms with Crippen LogP contribution >= 0.6 is 15.9 Å². The zero-order valence-corrected chi connectivity index (χ0v) is 12.2. The van der Waals surface area contributed by atoms with E-state index in [0.717, 1.165) is 30.3 Å². The van der Waals surface area contributed by atoms with Crippen LogP contribution in [0.5, 0.6) is 0 Å². The van der Waals surface area contributed by atoms with E-state index < -0.39 is 0 Å². The van der Waals surface area contributed by atoms with Gasteiger partial charge in [-0.25, -0.2) is 0 Å². The van der Waals surface area contributed by atoms with E-state index in [9.17, 15) is 4.79 Å². The molecule has 0 aliphatic carbocycles. The number of carbonyl (C=O) groups is 1. The molecule has 1 saturated heterocycles. The molecule has 1 aliphatic heterocycles. The summed E-state index contributed by atoms with van der Waals surface area (Å²) in [5, 5.41) is 6.31. The Balaban J connectivity index is 1.86. The van der Waals surface area contributed by atoms with Gasteiger partial charge in [-0.15, -0.1) is 0 Å². The second-order valence-corrected chi connectivity index (χ2v) is 5.80. The van der Waals surface area contributed by atoms with Gasteiger partial charge in [0, 0.05) is 17.1 Å². The van der Waals surface area contributed by atoms with Crippen LogP contribution in [0.25, 0.3) is 0 Å². The quantitative estimate of drug-likeness (QED) is 0.895. The van der Waals surface area contributed by atoms with Gasteiger partial charge in [0.05, 0.1) is 6.04 Å². The van der Waals surface area contributed by atoms with Crippen LogP contribution in [0.3, 0.4) is 0 Å². The standard InChI is InChI=1S/C14H19BrN2O/c1-10(9-11-4-6-12(15)7-5-11)17-13-3-2-8-16-14(13)18/h4-7,10,13,17H,2-3,8-9H2,1H3,(H,16,18). The smallest absolute Gasteiger partial charge is 0.237 e. The molecule has 98 valence electrons. The van der Waals surface area contributed by atoms with Gasteiger partial charge in [-0.3, -0.25) is 4.79 Å². The second-order valence-electron chi connectivity index (χ2n) is 4.88. The first kappa shape index (κ1) is 13.6. The fourth-order valence-corrected chi connectivity index (χ4v) is 2.57. The number of hydrogen-bond acceptors (Lipinski definition) is 2. The van der Waals surface area contributed by atoms with Crippen molar-refractivity contribution in [1.29, 1.82) is 0 Å². The predicted molar refractivity (Wildman–Crippen MR) is 76.5 cm³/mol. The number of nitrogens with one attached hydrogen (secondary N) is 2. The number of benzene rings is 1. The summed E-state index contributed by atoms with van der Waals surface area (Å²) in [6, 6.07) is 8.61. The Hall–Kier alpha value is -0.870. The maximum absolute atomic E-state index is 11.6. The van der Waals surface area contributed by atoms with Crippen LogP contribution in [0.2, 0.25) is 0 Å². The Bertz CT molecular complexity index is 405. The maximum atomic E-state index is 11.6. The van der Waals surface area contributed by atoms with Crippen molar-refractivity contribution in [2.45, 2.75) is 38.3 Å². The summed E-state index contributed by atoms with van der Waals surface area (Å²) in [6.45, 7) is 2.95. The molecule has 0 radical (unpaired) electrons. The molecule has 1 heterocycles. The molecule has 4 heteroatoms. The third kappa shape index (κ3) is 3.82. The predicted octanol–water partition coefficient (Wildman–Crippen LogP) is 2.25. The minimum atomic E-state index is -0.0239. The molecule has 18 heavy (non-hydrogen) atoms. The third-order valence-corrected chi connectivity index (χ3v) is 3.75. The summed E-state index contributed by atoms with van der Waals surface area (Å²) in [4.78, 5) is 11.6. The Morgan fingerprint density at radius 1 is 1.44 bits per heavy atom. The van der Waals surface area contributed by atoms with Crippen molar-refractivity contribution in [1.82, 2.24) is 10.6 Å². The van der Waals surface area contributed by atoms with Crippen LogP contribution < -0.4 is 10.6 Å². The van der Waals surface area contributed by atoms with Crippen molar-refractivity contribution in [3.05, 3.63) is 34.3 Å². The molecule has 0 saturated carbocycles. The summed E-state index contributed by atoms with van der Waals surface area (Å²) in [6.07, 6.45) is 2.95. The highest BCUT2D eigenvalue weighted by atomic mass is 79.9. The fourth-order valence-electron chi connectivity index (χ4n) is 2.31. The molecule has 2 rings (SSSR count). The lowest BCUT2D eigenvalue weighted by Gasteiger charge is -2.26. The molecule has 3 nitrogen and oxygen atoms in total. The molecule has 0 spiro atoms. The molecule has 0 aromatic heterocycles. The molecule has 2 unspecified atom stereocenters. The molecule has 1 aromatic carbocycles. The van der Waals surface area contributed by atoms with Gasteiger partial charge in [-0.05, 0) is 43.9 Å². The lowest BCUT2D eigenvalue weighted by molar-refractivity contribution is -0.124. The first-order valence-corrected chi connectivity index (χ1v) is 7.22. The van der Waals surface area contributed by atoms with E-state index in [4.69, 9.17) is 0 Å². The topological polar surface area (TPSA) is 41.1 Å². The van der Waals surface area contributed by atoms with Crippen LogP contribution in [0.15, 0.2) is 28.7 Å². The van der Waals surface area contributed by atoms with Gasteiger partial charge in [-0.2, -0.15) is 0 Å². The summed E-state index contributed by atoms with van der Waals surface area (Å²) in [5.74, 6) is 0.143. The minimum absolute atomic E-state index is 0.0239. The van der Waals surface area contributed by atoms with Gasteiger partial charge >= 0.3 is 0 Å². The minimum Gasteiger partial charge on any atom is -0.355 e. The highest BCUT2D eigenvalue weighted by Crippen LogP contribution is 2.12. The average molecular weight is 311 g/mol. The number of carbonyl (C=O) groups excluding carboxylic acids is 1. The maximum Gasteiger partial charge on any atom is 0.237 e. The van der Waals surface area contributed by atoms with Crippen molar-refractivity contribution in [3.8, 4) is 0 Å². The van der Waals surface area contributed by atoms with Crippen molar-refractivity contribution in [2.24, 2.45) is 0 Å². The molecule has 2 N–H and O–H groups in total. The highest BCUT2D eigenvalue weighted by molar-refractivity contribution is 9.10. The third-order valence-electron chi connectivity index (χ3n) is 3.23. The van der Waals surface area contributed by atoms with E-state index in [-0.39, 0.29) is 11.9 Å². The highest BCUT2D eigenvalue weighted by Gasteiger charge is 2.22. The zero-order valence-electron chi connectivity index (χ0n) is 10.6. The Morgan fingerprint density at radius 3 is 2.83 bits per heavy atom. The number of piperidine rings is 1. The first-order valence-electron chi connectivity index (χ1n) is 6.43. The summed E-state index contributed by atoms with van der Waals surface area (Å²) < 4.78 is 1.10. The molecule has 0 bridgehead atoms. The number of rotatable bonds is 4. The van der Waals surface area contributed by atoms with Crippen LogP contribution in [0.4, 0.5) is 0 Å². The second kappa shape index (κ2) is 6.34. The summed E-state index contributed by atoms with van der Waals surface area (Å²) in [7, 11) is 0. The number of hydrogen-bond donors (Lipinski definition) is 2. The molecule has 1 aromatic rings. The first-order chi connectivity index (χ1) is 8.65. The summed E-state index contributed by atoms with van der Waals surface area (Å²) >= 11 is 3.43. The molecule has 2 atom stereocenters. The lowest BCUT2D eigenvalue weighted by Crippen LogP contribution is -2.51. The molecular weight excluding hydrogens is 292 g/mol. The largest absolute Gasteiger partial charge is 0.355 e. The van der Waals surface area contributed by atoms with E-state index in [2.05, 4.69) is 57.8 Å². The van der Waals surface area contributed by atoms with E-state index >= 15 is 0 Å². The zero-order chi connectivity index (χ0) is 13.0.